The fourth-order valence-electron chi connectivity index (χ4n) is 2.22. The van der Waals surface area contributed by atoms with Gasteiger partial charge in [0.1, 0.15) is 0 Å². The average molecular weight is 287 g/mol. The van der Waals surface area contributed by atoms with Gasteiger partial charge >= 0.3 is 6.18 Å². The van der Waals surface area contributed by atoms with E-state index >= 15 is 0 Å². The van der Waals surface area contributed by atoms with Crippen molar-refractivity contribution in [3.63, 3.8) is 0 Å². The Bertz CT molecular complexity index is 470. The first-order valence-corrected chi connectivity index (χ1v) is 6.50. The van der Waals surface area contributed by atoms with Crippen LogP contribution in [-0.2, 0) is 6.18 Å². The lowest BCUT2D eigenvalue weighted by molar-refractivity contribution is -0.138. The molecule has 0 aromatic carbocycles. The summed E-state index contributed by atoms with van der Waals surface area (Å²) in [5.41, 5.74) is -1.39. The fourth-order valence-corrected chi connectivity index (χ4v) is 2.22. The Kier molecular flexibility index (Phi) is 4.59. The molecule has 0 radical (unpaired) electrons. The summed E-state index contributed by atoms with van der Waals surface area (Å²) in [4.78, 5) is 17.5. The predicted octanol–water partition coefficient (Wildman–Crippen LogP) is 2.27. The lowest BCUT2D eigenvalue weighted by Crippen LogP contribution is -2.40. The van der Waals surface area contributed by atoms with Gasteiger partial charge in [-0.2, -0.15) is 13.2 Å². The first-order valence-electron chi connectivity index (χ1n) is 6.50. The Morgan fingerprint density at radius 3 is 2.65 bits per heavy atom. The van der Waals surface area contributed by atoms with E-state index in [0.717, 1.165) is 50.8 Å². The smallest absolute Gasteiger partial charge is 0.339 e. The third-order valence-corrected chi connectivity index (χ3v) is 3.28. The highest BCUT2D eigenvalue weighted by Crippen LogP contribution is 2.31. The average Bonchev–Trinajstić information content (AvgIpc) is 2.45. The number of piperidine rings is 1. The zero-order valence-electron chi connectivity index (χ0n) is 10.9. The van der Waals surface area contributed by atoms with Crippen molar-refractivity contribution >= 4 is 5.91 Å². The van der Waals surface area contributed by atoms with Gasteiger partial charge in [0, 0.05) is 12.4 Å². The molecule has 7 heteroatoms. The molecular weight excluding hydrogens is 271 g/mol. The topological polar surface area (TPSA) is 45.2 Å². The van der Waals surface area contributed by atoms with E-state index in [1.807, 2.05) is 4.90 Å². The maximum Gasteiger partial charge on any atom is 0.417 e. The zero-order valence-corrected chi connectivity index (χ0v) is 10.9. The lowest BCUT2D eigenvalue weighted by Gasteiger charge is -2.26. The molecular formula is C13H16F3N3O. The molecule has 1 amide bonds. The Labute approximate surface area is 115 Å². The Morgan fingerprint density at radius 1 is 1.30 bits per heavy atom. The van der Waals surface area contributed by atoms with Crippen molar-refractivity contribution in [2.75, 3.05) is 19.8 Å². The standard InChI is InChI=1S/C13H16F3N3O/c14-13(15,16)11-4-5-17-8-10(11)12(20)18-9-19-6-2-1-3-7-19/h4-5,8H,1-3,6-7,9H2,(H,18,20). The number of carbonyl (C=O) groups is 1. The van der Waals surface area contributed by atoms with Crippen LogP contribution in [0.15, 0.2) is 18.5 Å². The van der Waals surface area contributed by atoms with Gasteiger partial charge in [-0.3, -0.25) is 14.7 Å². The number of nitrogens with one attached hydrogen (secondary N) is 1. The maximum atomic E-state index is 12.8. The normalized spacial score (nSPS) is 16.9. The summed E-state index contributed by atoms with van der Waals surface area (Å²) in [5, 5.41) is 2.53. The molecule has 20 heavy (non-hydrogen) atoms. The second-order valence-corrected chi connectivity index (χ2v) is 4.76. The number of halogens is 3. The number of amides is 1. The van der Waals surface area contributed by atoms with E-state index in [1.165, 1.54) is 0 Å². The van der Waals surface area contributed by atoms with Crippen LogP contribution in [0.3, 0.4) is 0 Å². The number of likely N-dealkylation sites (tertiary alicyclic amines) is 1. The van der Waals surface area contributed by atoms with Crippen LogP contribution < -0.4 is 5.32 Å². The van der Waals surface area contributed by atoms with E-state index in [1.54, 1.807) is 0 Å². The minimum atomic E-state index is -4.55. The fraction of sp³-hybridized carbons (Fsp3) is 0.538. The number of alkyl halides is 3. The molecule has 0 bridgehead atoms. The number of hydrogen-bond donors (Lipinski definition) is 1. The van der Waals surface area contributed by atoms with Gasteiger partial charge in [0.15, 0.2) is 0 Å². The van der Waals surface area contributed by atoms with E-state index < -0.39 is 23.2 Å². The van der Waals surface area contributed by atoms with Crippen LogP contribution >= 0.6 is 0 Å². The molecule has 1 aliphatic rings. The van der Waals surface area contributed by atoms with Gasteiger partial charge < -0.3 is 5.32 Å². The Hall–Kier alpha value is -1.63. The summed E-state index contributed by atoms with van der Waals surface area (Å²) in [6, 6.07) is 0.815. The molecule has 2 heterocycles. The number of nitrogens with zero attached hydrogens (tertiary/aromatic N) is 2. The van der Waals surface area contributed by atoms with Crippen molar-refractivity contribution in [3.8, 4) is 0 Å². The molecule has 0 unspecified atom stereocenters. The van der Waals surface area contributed by atoms with Crippen molar-refractivity contribution in [2.24, 2.45) is 0 Å². The second kappa shape index (κ2) is 6.21. The SMILES string of the molecule is O=C(NCN1CCCCC1)c1cnccc1C(F)(F)F. The minimum Gasteiger partial charge on any atom is -0.339 e. The highest BCUT2D eigenvalue weighted by Gasteiger charge is 2.35. The third kappa shape index (κ3) is 3.69. The minimum absolute atomic E-state index is 0.269. The van der Waals surface area contributed by atoms with Gasteiger partial charge in [0.2, 0.25) is 0 Å². The van der Waals surface area contributed by atoms with E-state index in [9.17, 15) is 18.0 Å². The largest absolute Gasteiger partial charge is 0.417 e. The van der Waals surface area contributed by atoms with Gasteiger partial charge in [-0.05, 0) is 32.0 Å². The molecule has 0 aliphatic carbocycles. The monoisotopic (exact) mass is 287 g/mol. The number of rotatable bonds is 3. The van der Waals surface area contributed by atoms with Crippen LogP contribution in [0, 0.1) is 0 Å². The molecule has 1 N–H and O–H groups in total. The molecule has 110 valence electrons. The third-order valence-electron chi connectivity index (χ3n) is 3.28. The number of aromatic nitrogens is 1. The predicted molar refractivity (Wildman–Crippen MR) is 67.0 cm³/mol. The van der Waals surface area contributed by atoms with Crippen LogP contribution in [0.4, 0.5) is 13.2 Å². The molecule has 0 atom stereocenters. The summed E-state index contributed by atoms with van der Waals surface area (Å²) < 4.78 is 38.4. The summed E-state index contributed by atoms with van der Waals surface area (Å²) in [6.45, 7) is 1.99. The molecule has 1 aliphatic heterocycles. The van der Waals surface area contributed by atoms with E-state index in [2.05, 4.69) is 10.3 Å². The molecule has 0 spiro atoms. The lowest BCUT2D eigenvalue weighted by atomic mass is 10.1. The molecule has 1 fully saturated rings. The van der Waals surface area contributed by atoms with Crippen LogP contribution in [-0.4, -0.2) is 35.5 Å². The van der Waals surface area contributed by atoms with Crippen LogP contribution in [0.5, 0.6) is 0 Å². The summed E-state index contributed by atoms with van der Waals surface area (Å²) in [7, 11) is 0. The highest BCUT2D eigenvalue weighted by molar-refractivity contribution is 5.95. The van der Waals surface area contributed by atoms with Gasteiger partial charge in [-0.25, -0.2) is 0 Å². The van der Waals surface area contributed by atoms with Crippen molar-refractivity contribution in [2.45, 2.75) is 25.4 Å². The van der Waals surface area contributed by atoms with Gasteiger partial charge in [0.05, 0.1) is 17.8 Å². The van der Waals surface area contributed by atoms with Gasteiger partial charge in [-0.1, -0.05) is 6.42 Å². The molecule has 1 saturated heterocycles. The summed E-state index contributed by atoms with van der Waals surface area (Å²) in [5.74, 6) is -0.740. The van der Waals surface area contributed by atoms with Crippen molar-refractivity contribution in [3.05, 3.63) is 29.6 Å². The molecule has 4 nitrogen and oxygen atoms in total. The highest BCUT2D eigenvalue weighted by atomic mass is 19.4. The van der Waals surface area contributed by atoms with Crippen LogP contribution in [0.1, 0.15) is 35.2 Å². The maximum absolute atomic E-state index is 12.8. The van der Waals surface area contributed by atoms with E-state index in [4.69, 9.17) is 0 Å². The Balaban J connectivity index is 2.02. The summed E-state index contributed by atoms with van der Waals surface area (Å²) in [6.07, 6.45) is 0.692. The van der Waals surface area contributed by atoms with E-state index in [-0.39, 0.29) is 6.67 Å². The Morgan fingerprint density at radius 2 is 2.00 bits per heavy atom. The number of carbonyl (C=O) groups excluding carboxylic acids is 1. The van der Waals surface area contributed by atoms with Crippen LogP contribution in [0.2, 0.25) is 0 Å². The molecule has 2 rings (SSSR count). The van der Waals surface area contributed by atoms with Gasteiger partial charge in [-0.15, -0.1) is 0 Å². The van der Waals surface area contributed by atoms with Crippen molar-refractivity contribution < 1.29 is 18.0 Å². The van der Waals surface area contributed by atoms with Crippen molar-refractivity contribution in [1.29, 1.82) is 0 Å². The molecule has 0 saturated carbocycles. The summed E-state index contributed by atoms with van der Waals surface area (Å²) >= 11 is 0. The van der Waals surface area contributed by atoms with Crippen LogP contribution in [0.25, 0.3) is 0 Å². The molecule has 1 aromatic heterocycles. The quantitative estimate of drug-likeness (QED) is 0.927. The first kappa shape index (κ1) is 14.8. The number of hydrogen-bond acceptors (Lipinski definition) is 3. The first-order chi connectivity index (χ1) is 9.48. The van der Waals surface area contributed by atoms with E-state index in [0.29, 0.717) is 0 Å². The number of pyridine rings is 1. The van der Waals surface area contributed by atoms with Crippen molar-refractivity contribution in [1.82, 2.24) is 15.2 Å². The van der Waals surface area contributed by atoms with Gasteiger partial charge in [0.25, 0.3) is 5.91 Å². The zero-order chi connectivity index (χ0) is 14.6. The second-order valence-electron chi connectivity index (χ2n) is 4.76. The molecule has 1 aromatic rings.